The van der Waals surface area contributed by atoms with Crippen LogP contribution in [0.4, 0.5) is 10.1 Å². The van der Waals surface area contributed by atoms with Crippen LogP contribution in [0.15, 0.2) is 53.4 Å². The van der Waals surface area contributed by atoms with Crippen molar-refractivity contribution in [2.24, 2.45) is 5.92 Å². The number of hydrogen-bond donors (Lipinski definition) is 0. The van der Waals surface area contributed by atoms with E-state index < -0.39 is 10.0 Å². The Morgan fingerprint density at radius 2 is 1.56 bits per heavy atom. The van der Waals surface area contributed by atoms with Crippen LogP contribution in [-0.4, -0.2) is 62.3 Å². The number of anilines is 1. The molecule has 1 amide bonds. The second kappa shape index (κ2) is 9.66. The predicted molar refractivity (Wildman–Crippen MR) is 130 cm³/mol. The maximum atomic E-state index is 13.4. The highest BCUT2D eigenvalue weighted by molar-refractivity contribution is 7.89. The molecule has 0 unspecified atom stereocenters. The van der Waals surface area contributed by atoms with Gasteiger partial charge in [0.15, 0.2) is 0 Å². The van der Waals surface area contributed by atoms with E-state index in [4.69, 9.17) is 0 Å². The highest BCUT2D eigenvalue weighted by atomic mass is 32.2. The van der Waals surface area contributed by atoms with Gasteiger partial charge in [0, 0.05) is 50.0 Å². The summed E-state index contributed by atoms with van der Waals surface area (Å²) in [5.41, 5.74) is 1.34. The number of sulfonamides is 1. The number of carbonyl (C=O) groups is 1. The Kier molecular flexibility index (Phi) is 6.62. The molecular weight excluding hydrogens is 453 g/mol. The van der Waals surface area contributed by atoms with Gasteiger partial charge in [-0.2, -0.15) is 4.31 Å². The lowest BCUT2D eigenvalue weighted by atomic mass is 9.78. The van der Waals surface area contributed by atoms with Crippen molar-refractivity contribution in [3.8, 4) is 0 Å². The molecule has 3 fully saturated rings. The summed E-state index contributed by atoms with van der Waals surface area (Å²) in [5, 5.41) is 0. The Bertz CT molecular complexity index is 1130. The molecule has 6 nitrogen and oxygen atoms in total. The van der Waals surface area contributed by atoms with Crippen LogP contribution >= 0.6 is 0 Å². The van der Waals surface area contributed by atoms with E-state index in [1.807, 2.05) is 4.90 Å². The lowest BCUT2D eigenvalue weighted by Crippen LogP contribution is -2.49. The van der Waals surface area contributed by atoms with Crippen molar-refractivity contribution in [1.82, 2.24) is 9.21 Å². The molecule has 0 aromatic heterocycles. The van der Waals surface area contributed by atoms with Gasteiger partial charge in [-0.05, 0) is 74.1 Å². The molecule has 0 N–H and O–H groups in total. The van der Waals surface area contributed by atoms with E-state index in [-0.39, 0.29) is 22.7 Å². The molecule has 2 atom stereocenters. The fourth-order valence-electron chi connectivity index (χ4n) is 5.82. The van der Waals surface area contributed by atoms with Crippen LogP contribution in [0.25, 0.3) is 0 Å². The van der Waals surface area contributed by atoms with Gasteiger partial charge in [-0.15, -0.1) is 0 Å². The Hall–Kier alpha value is -2.45. The molecule has 2 saturated heterocycles. The molecule has 2 aliphatic heterocycles. The monoisotopic (exact) mass is 485 g/mol. The number of nitrogens with zero attached hydrogens (tertiary/aromatic N) is 3. The number of piperidine rings is 1. The first-order chi connectivity index (χ1) is 16.4. The molecule has 2 aromatic carbocycles. The Morgan fingerprint density at radius 1 is 0.853 bits per heavy atom. The molecular formula is C26H32FN3O3S. The lowest BCUT2D eigenvalue weighted by molar-refractivity contribution is 0.0390. The third kappa shape index (κ3) is 4.58. The van der Waals surface area contributed by atoms with Crippen molar-refractivity contribution < 1.29 is 17.6 Å². The van der Waals surface area contributed by atoms with E-state index in [0.29, 0.717) is 37.7 Å². The van der Waals surface area contributed by atoms with Crippen LogP contribution in [0, 0.1) is 11.7 Å². The normalized spacial score (nSPS) is 24.0. The minimum absolute atomic E-state index is 0.0465. The summed E-state index contributed by atoms with van der Waals surface area (Å²) in [5.74, 6) is 0.244. The zero-order chi connectivity index (χ0) is 23.7. The molecule has 1 aliphatic carbocycles. The number of amides is 1. The first kappa shape index (κ1) is 23.3. The van der Waals surface area contributed by atoms with Crippen LogP contribution in [-0.2, 0) is 10.0 Å². The number of hydrogen-bond acceptors (Lipinski definition) is 4. The van der Waals surface area contributed by atoms with Crippen LogP contribution in [0.3, 0.4) is 0 Å². The highest BCUT2D eigenvalue weighted by Gasteiger charge is 2.36. The van der Waals surface area contributed by atoms with Gasteiger partial charge in [0.1, 0.15) is 5.82 Å². The smallest absolute Gasteiger partial charge is 0.254 e. The Morgan fingerprint density at radius 3 is 2.32 bits per heavy atom. The summed E-state index contributed by atoms with van der Waals surface area (Å²) in [6.07, 6.45) is 6.84. The van der Waals surface area contributed by atoms with Crippen molar-refractivity contribution in [2.45, 2.75) is 49.5 Å². The van der Waals surface area contributed by atoms with E-state index in [9.17, 15) is 17.6 Å². The first-order valence-corrected chi connectivity index (χ1v) is 13.8. The summed E-state index contributed by atoms with van der Waals surface area (Å²) in [6, 6.07) is 13.1. The molecule has 1 saturated carbocycles. The maximum Gasteiger partial charge on any atom is 0.254 e. The third-order valence-corrected chi connectivity index (χ3v) is 9.55. The molecule has 0 radical (unpaired) electrons. The summed E-state index contributed by atoms with van der Waals surface area (Å²) < 4.78 is 41.5. The van der Waals surface area contributed by atoms with Crippen LogP contribution in [0.1, 0.15) is 48.9 Å². The number of fused-ring (bicyclic) bond motifs is 1. The van der Waals surface area contributed by atoms with E-state index in [0.717, 1.165) is 31.5 Å². The second-order valence-corrected chi connectivity index (χ2v) is 11.6. The molecule has 182 valence electrons. The third-order valence-electron chi connectivity index (χ3n) is 7.65. The fraction of sp³-hybridized carbons (Fsp3) is 0.500. The van der Waals surface area contributed by atoms with E-state index >= 15 is 0 Å². The van der Waals surface area contributed by atoms with Gasteiger partial charge in [0.25, 0.3) is 5.91 Å². The van der Waals surface area contributed by atoms with Gasteiger partial charge >= 0.3 is 0 Å². The lowest BCUT2D eigenvalue weighted by Gasteiger charge is -2.44. The maximum absolute atomic E-state index is 13.4. The average molecular weight is 486 g/mol. The van der Waals surface area contributed by atoms with Crippen molar-refractivity contribution >= 4 is 21.6 Å². The molecule has 0 spiro atoms. The van der Waals surface area contributed by atoms with Crippen molar-refractivity contribution in [1.29, 1.82) is 0 Å². The van der Waals surface area contributed by atoms with Gasteiger partial charge in [0.2, 0.25) is 10.0 Å². The van der Waals surface area contributed by atoms with Gasteiger partial charge in [-0.3, -0.25) is 4.79 Å². The van der Waals surface area contributed by atoms with E-state index in [1.165, 1.54) is 35.7 Å². The summed E-state index contributed by atoms with van der Waals surface area (Å²) in [4.78, 5) is 17.6. The standard InChI is InChI=1S/C26H32FN3O3S/c27-22-10-12-23(13-11-22)28-15-17-29(18-16-28)34(32,33)24-8-3-6-21(19-24)26(31)30-14-4-7-20-5-1-2-9-25(20)30/h3,6,8,10-13,19-20,25H,1-2,4-5,7,9,14-18H2/t20-,25+/m1/s1. The Balaban J connectivity index is 1.29. The minimum Gasteiger partial charge on any atom is -0.369 e. The van der Waals surface area contributed by atoms with Gasteiger partial charge < -0.3 is 9.80 Å². The van der Waals surface area contributed by atoms with E-state index in [1.54, 1.807) is 36.4 Å². The van der Waals surface area contributed by atoms with Crippen LogP contribution in [0.5, 0.6) is 0 Å². The molecule has 3 aliphatic rings. The minimum atomic E-state index is -3.71. The molecule has 8 heteroatoms. The number of halogens is 1. The highest BCUT2D eigenvalue weighted by Crippen LogP contribution is 2.36. The quantitative estimate of drug-likeness (QED) is 0.653. The molecule has 2 heterocycles. The first-order valence-electron chi connectivity index (χ1n) is 12.4. The summed E-state index contributed by atoms with van der Waals surface area (Å²) in [7, 11) is -3.71. The topological polar surface area (TPSA) is 60.9 Å². The zero-order valence-electron chi connectivity index (χ0n) is 19.4. The summed E-state index contributed by atoms with van der Waals surface area (Å²) in [6.45, 7) is 2.49. The SMILES string of the molecule is O=C(c1cccc(S(=O)(=O)N2CCN(c3ccc(F)cc3)CC2)c1)N1CCC[C@H]2CCCC[C@@H]21. The number of carbonyl (C=O) groups excluding carboxylic acids is 1. The van der Waals surface area contributed by atoms with Crippen molar-refractivity contribution in [3.05, 3.63) is 59.9 Å². The van der Waals surface area contributed by atoms with Crippen molar-refractivity contribution in [3.63, 3.8) is 0 Å². The molecule has 5 rings (SSSR count). The molecule has 34 heavy (non-hydrogen) atoms. The number of piperazine rings is 1. The van der Waals surface area contributed by atoms with Gasteiger partial charge in [-0.1, -0.05) is 18.9 Å². The van der Waals surface area contributed by atoms with Crippen LogP contribution in [0.2, 0.25) is 0 Å². The van der Waals surface area contributed by atoms with Gasteiger partial charge in [-0.25, -0.2) is 12.8 Å². The number of benzene rings is 2. The molecule has 0 bridgehead atoms. The zero-order valence-corrected chi connectivity index (χ0v) is 20.2. The largest absolute Gasteiger partial charge is 0.369 e. The Labute approximate surface area is 201 Å². The fourth-order valence-corrected chi connectivity index (χ4v) is 7.29. The second-order valence-electron chi connectivity index (χ2n) is 9.65. The van der Waals surface area contributed by atoms with E-state index in [2.05, 4.69) is 4.90 Å². The van der Waals surface area contributed by atoms with Crippen LogP contribution < -0.4 is 4.90 Å². The summed E-state index contributed by atoms with van der Waals surface area (Å²) >= 11 is 0. The molecule has 2 aromatic rings. The average Bonchev–Trinajstić information content (AvgIpc) is 2.88. The van der Waals surface area contributed by atoms with Crippen molar-refractivity contribution in [2.75, 3.05) is 37.6 Å². The predicted octanol–water partition coefficient (Wildman–Crippen LogP) is 4.13. The van der Waals surface area contributed by atoms with Gasteiger partial charge in [0.05, 0.1) is 4.90 Å². The number of likely N-dealkylation sites (tertiary alicyclic amines) is 1. The number of rotatable bonds is 4.